The van der Waals surface area contributed by atoms with E-state index >= 15 is 0 Å². The summed E-state index contributed by atoms with van der Waals surface area (Å²) in [6.07, 6.45) is -0.483. The second-order valence-electron chi connectivity index (χ2n) is 5.52. The molecule has 1 aromatic heterocycles. The van der Waals surface area contributed by atoms with E-state index in [0.29, 0.717) is 38.4 Å². The van der Waals surface area contributed by atoms with Crippen molar-refractivity contribution < 1.29 is 15.0 Å². The summed E-state index contributed by atoms with van der Waals surface area (Å²) in [6.45, 7) is 1.69. The Labute approximate surface area is 152 Å². The third-order valence-corrected chi connectivity index (χ3v) is 5.91. The summed E-state index contributed by atoms with van der Waals surface area (Å²) >= 11 is 13.0. The lowest BCUT2D eigenvalue weighted by Gasteiger charge is -2.31. The number of carboxylic acid groups (broad SMARTS) is 1. The summed E-state index contributed by atoms with van der Waals surface area (Å²) in [6, 6.07) is 5.31. The van der Waals surface area contributed by atoms with Crippen LogP contribution in [0.4, 0.5) is 5.00 Å². The molecule has 1 aliphatic heterocycles. The number of nitrogens with zero attached hydrogens (tertiary/aromatic N) is 2. The molecule has 5 nitrogen and oxygen atoms in total. The van der Waals surface area contributed by atoms with Gasteiger partial charge < -0.3 is 15.1 Å². The molecule has 0 aliphatic carbocycles. The van der Waals surface area contributed by atoms with Crippen LogP contribution in [0.15, 0.2) is 23.2 Å². The molecule has 0 amide bonds. The van der Waals surface area contributed by atoms with Crippen LogP contribution in [0.1, 0.15) is 32.6 Å². The van der Waals surface area contributed by atoms with Crippen LogP contribution in [-0.2, 0) is 6.42 Å². The highest BCUT2D eigenvalue weighted by Gasteiger charge is 2.32. The number of carbonyl (C=O) groups is 1. The van der Waals surface area contributed by atoms with Crippen molar-refractivity contribution in [2.24, 2.45) is 4.99 Å². The van der Waals surface area contributed by atoms with E-state index in [9.17, 15) is 15.0 Å². The monoisotopic (exact) mass is 384 g/mol. The molecule has 1 atom stereocenters. The van der Waals surface area contributed by atoms with Gasteiger partial charge in [0, 0.05) is 19.0 Å². The molecule has 0 radical (unpaired) electrons. The quantitative estimate of drug-likeness (QED) is 0.828. The fraction of sp³-hybridized carbons (Fsp3) is 0.250. The second-order valence-corrected chi connectivity index (χ2v) is 7.33. The summed E-state index contributed by atoms with van der Waals surface area (Å²) in [5, 5.41) is 21.3. The molecule has 2 aromatic rings. The Bertz CT molecular complexity index is 863. The summed E-state index contributed by atoms with van der Waals surface area (Å²) < 4.78 is 0. The molecule has 3 rings (SSSR count). The Balaban J connectivity index is 2.01. The third-order valence-electron chi connectivity index (χ3n) is 3.98. The first-order valence-electron chi connectivity index (χ1n) is 7.08. The molecule has 0 saturated heterocycles. The number of aliphatic hydroxyl groups excluding tert-OH is 1. The summed E-state index contributed by atoms with van der Waals surface area (Å²) in [4.78, 5) is 17.7. The molecule has 126 valence electrons. The van der Waals surface area contributed by atoms with E-state index in [0.717, 1.165) is 16.9 Å². The van der Waals surface area contributed by atoms with Gasteiger partial charge in [0.1, 0.15) is 15.7 Å². The largest absolute Gasteiger partial charge is 0.477 e. The molecular weight excluding hydrogens is 371 g/mol. The molecular formula is C16H14Cl2N2O3S. The molecule has 0 spiro atoms. The van der Waals surface area contributed by atoms with Gasteiger partial charge in [0.25, 0.3) is 0 Å². The van der Waals surface area contributed by atoms with Crippen molar-refractivity contribution in [2.75, 3.05) is 7.05 Å². The number of amidine groups is 1. The SMILES string of the molecule is Cc1c(C(=O)O)sc2c1C(O)N(C)C(Cc1ccc(Cl)c(Cl)c1)=N2. The van der Waals surface area contributed by atoms with E-state index in [1.807, 2.05) is 6.07 Å². The van der Waals surface area contributed by atoms with E-state index in [2.05, 4.69) is 4.99 Å². The normalized spacial score (nSPS) is 16.8. The van der Waals surface area contributed by atoms with Gasteiger partial charge in [0.15, 0.2) is 6.23 Å². The van der Waals surface area contributed by atoms with Gasteiger partial charge >= 0.3 is 5.97 Å². The van der Waals surface area contributed by atoms with E-state index in [1.54, 1.807) is 31.0 Å². The number of hydrogen-bond acceptors (Lipinski definition) is 5. The minimum Gasteiger partial charge on any atom is -0.477 e. The number of aliphatic hydroxyl groups is 1. The number of carboxylic acids is 1. The molecule has 2 N–H and O–H groups in total. The zero-order valence-electron chi connectivity index (χ0n) is 12.9. The summed E-state index contributed by atoms with van der Waals surface area (Å²) in [7, 11) is 1.72. The standard InChI is InChI=1S/C16H14Cl2N2O3S/c1-7-12-14(24-13(7)16(22)23)19-11(20(2)15(12)21)6-8-3-4-9(17)10(18)5-8/h3-5,15,21H,6H2,1-2H3,(H,22,23). The van der Waals surface area contributed by atoms with E-state index in [1.165, 1.54) is 0 Å². The predicted molar refractivity (Wildman–Crippen MR) is 96.0 cm³/mol. The molecule has 2 heterocycles. The van der Waals surface area contributed by atoms with Crippen LogP contribution < -0.4 is 0 Å². The van der Waals surface area contributed by atoms with Crippen molar-refractivity contribution >= 4 is 51.3 Å². The Morgan fingerprint density at radius 3 is 2.71 bits per heavy atom. The topological polar surface area (TPSA) is 73.1 Å². The lowest BCUT2D eigenvalue weighted by atomic mass is 10.1. The van der Waals surface area contributed by atoms with Crippen LogP contribution in [0.5, 0.6) is 0 Å². The Hall–Kier alpha value is -1.60. The van der Waals surface area contributed by atoms with Gasteiger partial charge in [-0.2, -0.15) is 0 Å². The second kappa shape index (κ2) is 6.37. The predicted octanol–water partition coefficient (Wildman–Crippen LogP) is 4.27. The van der Waals surface area contributed by atoms with Crippen molar-refractivity contribution in [1.29, 1.82) is 0 Å². The van der Waals surface area contributed by atoms with Gasteiger partial charge in [-0.15, -0.1) is 11.3 Å². The number of fused-ring (bicyclic) bond motifs is 1. The number of aromatic carboxylic acids is 1. The van der Waals surface area contributed by atoms with Crippen molar-refractivity contribution in [3.8, 4) is 0 Å². The first kappa shape index (κ1) is 17.2. The molecule has 0 saturated carbocycles. The number of benzene rings is 1. The third kappa shape index (κ3) is 2.91. The van der Waals surface area contributed by atoms with Crippen LogP contribution in [0.25, 0.3) is 0 Å². The molecule has 1 aromatic carbocycles. The van der Waals surface area contributed by atoms with Crippen molar-refractivity contribution in [3.63, 3.8) is 0 Å². The lowest BCUT2D eigenvalue weighted by molar-refractivity contribution is 0.0655. The Kier molecular flexibility index (Phi) is 4.57. The molecule has 24 heavy (non-hydrogen) atoms. The van der Waals surface area contributed by atoms with E-state index in [4.69, 9.17) is 23.2 Å². The van der Waals surface area contributed by atoms with E-state index < -0.39 is 12.2 Å². The van der Waals surface area contributed by atoms with Gasteiger partial charge in [-0.1, -0.05) is 29.3 Å². The number of rotatable bonds is 3. The number of hydrogen-bond donors (Lipinski definition) is 2. The minimum absolute atomic E-state index is 0.201. The maximum absolute atomic E-state index is 11.3. The average molecular weight is 385 g/mol. The van der Waals surface area contributed by atoms with Crippen LogP contribution in [-0.4, -0.2) is 34.0 Å². The zero-order valence-corrected chi connectivity index (χ0v) is 15.2. The van der Waals surface area contributed by atoms with Crippen molar-refractivity contribution in [3.05, 3.63) is 49.8 Å². The van der Waals surface area contributed by atoms with Gasteiger partial charge in [0.2, 0.25) is 0 Å². The smallest absolute Gasteiger partial charge is 0.346 e. The van der Waals surface area contributed by atoms with Crippen LogP contribution in [0, 0.1) is 6.92 Å². The van der Waals surface area contributed by atoms with Crippen molar-refractivity contribution in [2.45, 2.75) is 19.6 Å². The fourth-order valence-electron chi connectivity index (χ4n) is 2.63. The van der Waals surface area contributed by atoms with Gasteiger partial charge in [-0.3, -0.25) is 0 Å². The first-order valence-corrected chi connectivity index (χ1v) is 8.65. The molecule has 1 unspecified atom stereocenters. The first-order chi connectivity index (χ1) is 11.3. The maximum atomic E-state index is 11.3. The molecule has 1 aliphatic rings. The summed E-state index contributed by atoms with van der Waals surface area (Å²) in [5.74, 6) is -0.380. The highest BCUT2D eigenvalue weighted by molar-refractivity contribution is 7.18. The maximum Gasteiger partial charge on any atom is 0.346 e. The van der Waals surface area contributed by atoms with Gasteiger partial charge in [-0.25, -0.2) is 9.79 Å². The van der Waals surface area contributed by atoms with E-state index in [-0.39, 0.29) is 4.88 Å². The minimum atomic E-state index is -1.01. The average Bonchev–Trinajstić information content (AvgIpc) is 2.85. The van der Waals surface area contributed by atoms with Crippen molar-refractivity contribution in [1.82, 2.24) is 4.90 Å². The number of thiophene rings is 1. The van der Waals surface area contributed by atoms with Crippen LogP contribution in [0.2, 0.25) is 10.0 Å². The number of halogens is 2. The Morgan fingerprint density at radius 1 is 1.38 bits per heavy atom. The number of aliphatic imine (C=N–C) groups is 1. The zero-order chi connectivity index (χ0) is 17.6. The van der Waals surface area contributed by atoms with Gasteiger partial charge in [-0.05, 0) is 30.2 Å². The molecule has 0 bridgehead atoms. The van der Waals surface area contributed by atoms with Gasteiger partial charge in [0.05, 0.1) is 10.0 Å². The Morgan fingerprint density at radius 2 is 2.08 bits per heavy atom. The lowest BCUT2D eigenvalue weighted by Crippen LogP contribution is -2.34. The fourth-order valence-corrected chi connectivity index (χ4v) is 4.01. The van der Waals surface area contributed by atoms with Crippen LogP contribution in [0.3, 0.4) is 0 Å². The summed E-state index contributed by atoms with van der Waals surface area (Å²) in [5.41, 5.74) is 2.01. The highest BCUT2D eigenvalue weighted by atomic mass is 35.5. The highest BCUT2D eigenvalue weighted by Crippen LogP contribution is 2.43. The number of likely N-dealkylation sites (N-methyl/N-ethyl adjacent to an activating group) is 1. The molecule has 8 heteroatoms. The molecule has 0 fully saturated rings. The van der Waals surface area contributed by atoms with Crippen LogP contribution >= 0.6 is 34.5 Å².